The van der Waals surface area contributed by atoms with Crippen LogP contribution in [0.2, 0.25) is 10.0 Å². The van der Waals surface area contributed by atoms with Crippen LogP contribution < -0.4 is 20.7 Å². The molecule has 3 N–H and O–H groups in total. The van der Waals surface area contributed by atoms with Gasteiger partial charge in [-0.05, 0) is 72.3 Å². The van der Waals surface area contributed by atoms with Crippen LogP contribution >= 0.6 is 35.0 Å². The maximum absolute atomic E-state index is 13.3. The molecule has 0 spiro atoms. The first-order valence-electron chi connectivity index (χ1n) is 12.3. The number of hydrogen-bond acceptors (Lipinski definition) is 5. The highest BCUT2D eigenvalue weighted by molar-refractivity contribution is 8.00. The van der Waals surface area contributed by atoms with E-state index in [0.29, 0.717) is 38.3 Å². The lowest BCUT2D eigenvalue weighted by Gasteiger charge is -2.12. The number of halogens is 2. The van der Waals surface area contributed by atoms with Crippen LogP contribution in [0, 0.1) is 0 Å². The Morgan fingerprint density at radius 1 is 0.805 bits per heavy atom. The van der Waals surface area contributed by atoms with Crippen LogP contribution in [0.15, 0.2) is 108 Å². The fraction of sp³-hybridized carbons (Fsp3) is 0.0645. The standard InChI is InChI=1S/C31H25Cl2N3O4S/c1-40-26-12-10-20(11-13-26)14-28(36-30(38)21-6-3-2-4-7-21)31(39)35-24-8-5-9-27(18-24)41-19-29(37)34-25-16-22(32)15-23(33)17-25/h2-18H,19H2,1H3,(H,34,37)(H,35,39)(H,36,38)/b28-14+. The van der Waals surface area contributed by atoms with E-state index in [9.17, 15) is 14.4 Å². The van der Waals surface area contributed by atoms with E-state index in [-0.39, 0.29) is 17.4 Å². The summed E-state index contributed by atoms with van der Waals surface area (Å²) in [4.78, 5) is 39.4. The summed E-state index contributed by atoms with van der Waals surface area (Å²) in [6.45, 7) is 0. The first kappa shape index (κ1) is 29.7. The molecule has 10 heteroatoms. The van der Waals surface area contributed by atoms with Crippen molar-refractivity contribution in [2.24, 2.45) is 0 Å². The number of benzene rings is 4. The van der Waals surface area contributed by atoms with E-state index in [2.05, 4.69) is 16.0 Å². The lowest BCUT2D eigenvalue weighted by Crippen LogP contribution is -2.30. The highest BCUT2D eigenvalue weighted by Crippen LogP contribution is 2.25. The Morgan fingerprint density at radius 2 is 1.51 bits per heavy atom. The molecule has 0 unspecified atom stereocenters. The normalized spacial score (nSPS) is 11.0. The Bertz CT molecular complexity index is 1560. The molecule has 4 rings (SSSR count). The minimum atomic E-state index is -0.511. The van der Waals surface area contributed by atoms with E-state index in [0.717, 1.165) is 4.90 Å². The molecule has 0 aliphatic carbocycles. The quantitative estimate of drug-likeness (QED) is 0.132. The van der Waals surface area contributed by atoms with Crippen LogP contribution in [0.1, 0.15) is 15.9 Å². The minimum absolute atomic E-state index is 0.0571. The average Bonchev–Trinajstić information content (AvgIpc) is 2.96. The number of nitrogens with one attached hydrogen (secondary N) is 3. The van der Waals surface area contributed by atoms with E-state index in [1.807, 2.05) is 6.07 Å². The van der Waals surface area contributed by atoms with Gasteiger partial charge < -0.3 is 20.7 Å². The van der Waals surface area contributed by atoms with Crippen molar-refractivity contribution in [3.8, 4) is 5.75 Å². The third kappa shape index (κ3) is 9.14. The van der Waals surface area contributed by atoms with Crippen molar-refractivity contribution >= 4 is 70.1 Å². The fourth-order valence-electron chi connectivity index (χ4n) is 3.64. The lowest BCUT2D eigenvalue weighted by atomic mass is 10.1. The molecule has 41 heavy (non-hydrogen) atoms. The number of hydrogen-bond donors (Lipinski definition) is 3. The summed E-state index contributed by atoms with van der Waals surface area (Å²) in [6.07, 6.45) is 1.58. The van der Waals surface area contributed by atoms with Crippen LogP contribution in [-0.4, -0.2) is 30.6 Å². The van der Waals surface area contributed by atoms with E-state index >= 15 is 0 Å². The highest BCUT2D eigenvalue weighted by atomic mass is 35.5. The van der Waals surface area contributed by atoms with Crippen LogP contribution in [-0.2, 0) is 9.59 Å². The molecule has 208 valence electrons. The molecule has 0 bridgehead atoms. The smallest absolute Gasteiger partial charge is 0.272 e. The number of ether oxygens (including phenoxy) is 1. The molecule has 0 fully saturated rings. The summed E-state index contributed by atoms with van der Waals surface area (Å²) >= 11 is 13.3. The van der Waals surface area contributed by atoms with Crippen molar-refractivity contribution in [2.75, 3.05) is 23.5 Å². The Kier molecular flexibility index (Phi) is 10.5. The molecule has 0 radical (unpaired) electrons. The van der Waals surface area contributed by atoms with Crippen molar-refractivity contribution in [3.63, 3.8) is 0 Å². The van der Waals surface area contributed by atoms with Gasteiger partial charge in [-0.1, -0.05) is 59.6 Å². The predicted octanol–water partition coefficient (Wildman–Crippen LogP) is 7.14. The summed E-state index contributed by atoms with van der Waals surface area (Å²) in [5, 5.41) is 9.16. The van der Waals surface area contributed by atoms with E-state index in [4.69, 9.17) is 27.9 Å². The van der Waals surface area contributed by atoms with Crippen LogP contribution in [0.25, 0.3) is 6.08 Å². The van der Waals surface area contributed by atoms with Gasteiger partial charge in [-0.3, -0.25) is 14.4 Å². The van der Waals surface area contributed by atoms with Gasteiger partial charge in [-0.2, -0.15) is 0 Å². The number of carbonyl (C=O) groups excluding carboxylic acids is 3. The molecule has 4 aromatic rings. The summed E-state index contributed by atoms with van der Waals surface area (Å²) in [5.74, 6) is -0.381. The number of carbonyl (C=O) groups is 3. The first-order valence-corrected chi connectivity index (χ1v) is 14.1. The van der Waals surface area contributed by atoms with Gasteiger partial charge in [-0.15, -0.1) is 11.8 Å². The zero-order valence-electron chi connectivity index (χ0n) is 21.8. The molecule has 4 aromatic carbocycles. The third-order valence-electron chi connectivity index (χ3n) is 5.56. The van der Waals surface area contributed by atoms with Gasteiger partial charge in [0.25, 0.3) is 11.8 Å². The highest BCUT2D eigenvalue weighted by Gasteiger charge is 2.16. The summed E-state index contributed by atoms with van der Waals surface area (Å²) < 4.78 is 5.20. The maximum Gasteiger partial charge on any atom is 0.272 e. The van der Waals surface area contributed by atoms with Crippen molar-refractivity contribution in [1.82, 2.24) is 5.32 Å². The van der Waals surface area contributed by atoms with Gasteiger partial charge in [0, 0.05) is 31.9 Å². The zero-order valence-corrected chi connectivity index (χ0v) is 24.1. The predicted molar refractivity (Wildman–Crippen MR) is 166 cm³/mol. The second-order valence-electron chi connectivity index (χ2n) is 8.63. The molecule has 0 saturated carbocycles. The average molecular weight is 607 g/mol. The molecule has 0 aliphatic rings. The number of anilines is 2. The zero-order chi connectivity index (χ0) is 29.2. The van der Waals surface area contributed by atoms with Gasteiger partial charge in [-0.25, -0.2) is 0 Å². The molecule has 0 saturated heterocycles. The SMILES string of the molecule is COc1ccc(/C=C(/NC(=O)c2ccccc2)C(=O)Nc2cccc(SCC(=O)Nc3cc(Cl)cc(Cl)c3)c2)cc1. The van der Waals surface area contributed by atoms with Crippen molar-refractivity contribution in [1.29, 1.82) is 0 Å². The summed E-state index contributed by atoms with van der Waals surface area (Å²) in [6, 6.07) is 27.6. The summed E-state index contributed by atoms with van der Waals surface area (Å²) in [5.41, 5.74) is 2.17. The lowest BCUT2D eigenvalue weighted by molar-refractivity contribution is -0.114. The van der Waals surface area contributed by atoms with Crippen LogP contribution in [0.4, 0.5) is 11.4 Å². The van der Waals surface area contributed by atoms with Gasteiger partial charge in [0.1, 0.15) is 11.4 Å². The number of amides is 3. The van der Waals surface area contributed by atoms with Gasteiger partial charge in [0.15, 0.2) is 0 Å². The van der Waals surface area contributed by atoms with Gasteiger partial charge >= 0.3 is 0 Å². The maximum atomic E-state index is 13.3. The van der Waals surface area contributed by atoms with Gasteiger partial charge in [0.2, 0.25) is 5.91 Å². The molecule has 0 atom stereocenters. The molecule has 3 amide bonds. The minimum Gasteiger partial charge on any atom is -0.497 e. The Hall–Kier alpha value is -4.24. The molecular weight excluding hydrogens is 581 g/mol. The number of methoxy groups -OCH3 is 1. The second kappa shape index (κ2) is 14.4. The summed E-state index contributed by atoms with van der Waals surface area (Å²) in [7, 11) is 1.57. The van der Waals surface area contributed by atoms with E-state index < -0.39 is 11.8 Å². The molecule has 0 heterocycles. The Morgan fingerprint density at radius 3 is 2.20 bits per heavy atom. The Labute approximate surface area is 251 Å². The number of thioether (sulfide) groups is 1. The monoisotopic (exact) mass is 605 g/mol. The molecule has 0 aromatic heterocycles. The molecule has 7 nitrogen and oxygen atoms in total. The third-order valence-corrected chi connectivity index (χ3v) is 6.99. The topological polar surface area (TPSA) is 96.5 Å². The van der Waals surface area contributed by atoms with Crippen LogP contribution in [0.5, 0.6) is 5.75 Å². The Balaban J connectivity index is 1.45. The second-order valence-corrected chi connectivity index (χ2v) is 10.5. The fourth-order valence-corrected chi connectivity index (χ4v) is 4.92. The first-order chi connectivity index (χ1) is 19.8. The van der Waals surface area contributed by atoms with Crippen LogP contribution in [0.3, 0.4) is 0 Å². The van der Waals surface area contributed by atoms with Gasteiger partial charge in [0.05, 0.1) is 12.9 Å². The molecule has 0 aliphatic heterocycles. The van der Waals surface area contributed by atoms with Crippen molar-refractivity contribution in [2.45, 2.75) is 4.90 Å². The molecular formula is C31H25Cl2N3O4S. The van der Waals surface area contributed by atoms with Crippen molar-refractivity contribution in [3.05, 3.63) is 124 Å². The largest absolute Gasteiger partial charge is 0.497 e. The number of rotatable bonds is 10. The van der Waals surface area contributed by atoms with E-state index in [1.54, 1.807) is 104 Å². The van der Waals surface area contributed by atoms with E-state index in [1.165, 1.54) is 11.8 Å². The van der Waals surface area contributed by atoms with Crippen molar-refractivity contribution < 1.29 is 19.1 Å².